The van der Waals surface area contributed by atoms with E-state index in [0.717, 1.165) is 49.4 Å². The second-order valence-electron chi connectivity index (χ2n) is 9.29. The van der Waals surface area contributed by atoms with Crippen LogP contribution in [0.2, 0.25) is 0 Å². The molecule has 2 saturated heterocycles. The molecule has 2 aromatic rings. The number of nitrogens with zero attached hydrogens (tertiary/aromatic N) is 3. The molecular weight excluding hydrogens is 431 g/mol. The molecule has 0 spiro atoms. The third-order valence-electron chi connectivity index (χ3n) is 6.94. The fourth-order valence-electron chi connectivity index (χ4n) is 5.32. The SMILES string of the molecule is NC=C1CC2(CN3CCCC3)CN(Sc3ccccc3)CCC2=CC1=Nc1ccc(F)cc1. The highest BCUT2D eigenvalue weighted by molar-refractivity contribution is 7.97. The molecule has 172 valence electrons. The summed E-state index contributed by atoms with van der Waals surface area (Å²) in [6.07, 6.45) is 8.48. The molecule has 5 rings (SSSR count). The Balaban J connectivity index is 1.47. The van der Waals surface area contributed by atoms with Crippen molar-refractivity contribution in [2.45, 2.75) is 30.6 Å². The van der Waals surface area contributed by atoms with Gasteiger partial charge in [0.25, 0.3) is 0 Å². The predicted molar refractivity (Wildman–Crippen MR) is 135 cm³/mol. The second kappa shape index (κ2) is 9.84. The van der Waals surface area contributed by atoms with Crippen LogP contribution in [0.1, 0.15) is 25.7 Å². The minimum Gasteiger partial charge on any atom is -0.404 e. The Morgan fingerprint density at radius 1 is 1.03 bits per heavy atom. The zero-order valence-electron chi connectivity index (χ0n) is 18.9. The summed E-state index contributed by atoms with van der Waals surface area (Å²) >= 11 is 1.86. The van der Waals surface area contributed by atoms with E-state index in [0.29, 0.717) is 0 Å². The van der Waals surface area contributed by atoms with Crippen LogP contribution in [0.15, 0.2) is 87.9 Å². The van der Waals surface area contributed by atoms with Gasteiger partial charge in [-0.25, -0.2) is 13.7 Å². The standard InChI is InChI=1S/C27H31FN4S/c28-23-8-10-24(11-9-23)30-26-16-22-12-15-32(33-25-6-2-1-3-7-25)20-27(22,17-21(26)18-29)19-31-13-4-5-14-31/h1-3,6-11,16,18H,4-5,12-15,17,19-20,29H2. The monoisotopic (exact) mass is 462 g/mol. The maximum absolute atomic E-state index is 13.4. The Bertz CT molecular complexity index is 1060. The Morgan fingerprint density at radius 2 is 1.79 bits per heavy atom. The molecule has 2 aliphatic heterocycles. The molecule has 1 unspecified atom stereocenters. The summed E-state index contributed by atoms with van der Waals surface area (Å²) in [5.41, 5.74) is 10.4. The number of aliphatic imine (C=N–C) groups is 1. The van der Waals surface area contributed by atoms with Crippen LogP contribution >= 0.6 is 11.9 Å². The van der Waals surface area contributed by atoms with E-state index in [9.17, 15) is 4.39 Å². The molecule has 0 bridgehead atoms. The number of piperidine rings is 1. The van der Waals surface area contributed by atoms with Crippen molar-refractivity contribution in [3.05, 3.63) is 83.8 Å². The van der Waals surface area contributed by atoms with Crippen molar-refractivity contribution in [1.82, 2.24) is 9.21 Å². The van der Waals surface area contributed by atoms with Crippen molar-refractivity contribution >= 4 is 23.3 Å². The normalized spacial score (nSPS) is 26.5. The van der Waals surface area contributed by atoms with E-state index < -0.39 is 0 Å². The summed E-state index contributed by atoms with van der Waals surface area (Å²) in [6.45, 7) is 5.43. The first-order chi connectivity index (χ1) is 16.1. The number of fused-ring (bicyclic) bond motifs is 1. The lowest BCUT2D eigenvalue weighted by molar-refractivity contribution is 0.151. The minimum absolute atomic E-state index is 0.0391. The van der Waals surface area contributed by atoms with Crippen molar-refractivity contribution in [3.8, 4) is 0 Å². The van der Waals surface area contributed by atoms with Crippen molar-refractivity contribution in [3.63, 3.8) is 0 Å². The van der Waals surface area contributed by atoms with E-state index in [2.05, 4.69) is 45.6 Å². The van der Waals surface area contributed by atoms with Gasteiger partial charge in [0, 0.05) is 29.9 Å². The van der Waals surface area contributed by atoms with E-state index in [1.807, 2.05) is 11.9 Å². The fraction of sp³-hybridized carbons (Fsp3) is 0.370. The van der Waals surface area contributed by atoms with Crippen molar-refractivity contribution in [2.24, 2.45) is 16.1 Å². The highest BCUT2D eigenvalue weighted by Gasteiger charge is 2.44. The molecule has 0 saturated carbocycles. The molecule has 4 nitrogen and oxygen atoms in total. The van der Waals surface area contributed by atoms with E-state index >= 15 is 0 Å². The molecule has 1 atom stereocenters. The molecule has 0 aromatic heterocycles. The number of rotatable bonds is 5. The van der Waals surface area contributed by atoms with E-state index in [-0.39, 0.29) is 11.2 Å². The van der Waals surface area contributed by atoms with Gasteiger partial charge >= 0.3 is 0 Å². The maximum atomic E-state index is 13.4. The first kappa shape index (κ1) is 22.4. The number of benzene rings is 2. The van der Waals surface area contributed by atoms with Gasteiger partial charge in [-0.2, -0.15) is 0 Å². The van der Waals surface area contributed by atoms with Gasteiger partial charge in [0.15, 0.2) is 0 Å². The molecular formula is C27H31FN4S. The van der Waals surface area contributed by atoms with Gasteiger partial charge in [-0.1, -0.05) is 23.8 Å². The first-order valence-corrected chi connectivity index (χ1v) is 12.6. The summed E-state index contributed by atoms with van der Waals surface area (Å²) in [7, 11) is 0. The van der Waals surface area contributed by atoms with Gasteiger partial charge in [0.1, 0.15) is 5.82 Å². The van der Waals surface area contributed by atoms with E-state index in [4.69, 9.17) is 10.7 Å². The number of likely N-dealkylation sites (tertiary alicyclic amines) is 1. The van der Waals surface area contributed by atoms with Crippen LogP contribution in [-0.2, 0) is 0 Å². The average Bonchev–Trinajstić information content (AvgIpc) is 3.34. The van der Waals surface area contributed by atoms with Crippen LogP contribution < -0.4 is 5.73 Å². The number of allylic oxidation sites excluding steroid dienone is 2. The Labute approximate surface area is 200 Å². The third-order valence-corrected chi connectivity index (χ3v) is 7.99. The lowest BCUT2D eigenvalue weighted by atomic mass is 9.67. The van der Waals surface area contributed by atoms with Crippen LogP contribution in [0.5, 0.6) is 0 Å². The molecule has 0 amide bonds. The summed E-state index contributed by atoms with van der Waals surface area (Å²) in [6, 6.07) is 17.0. The molecule has 33 heavy (non-hydrogen) atoms. The van der Waals surface area contributed by atoms with Crippen LogP contribution in [0, 0.1) is 11.2 Å². The molecule has 2 N–H and O–H groups in total. The predicted octanol–water partition coefficient (Wildman–Crippen LogP) is 5.57. The highest BCUT2D eigenvalue weighted by atomic mass is 32.2. The molecule has 2 heterocycles. The number of halogens is 1. The van der Waals surface area contributed by atoms with Gasteiger partial charge < -0.3 is 10.6 Å². The van der Waals surface area contributed by atoms with Crippen LogP contribution in [-0.4, -0.2) is 47.6 Å². The van der Waals surface area contributed by atoms with Crippen LogP contribution in [0.3, 0.4) is 0 Å². The van der Waals surface area contributed by atoms with Crippen LogP contribution in [0.4, 0.5) is 10.1 Å². The highest BCUT2D eigenvalue weighted by Crippen LogP contribution is 2.47. The zero-order chi connectivity index (χ0) is 22.7. The molecule has 2 fully saturated rings. The van der Waals surface area contributed by atoms with Crippen molar-refractivity contribution in [1.29, 1.82) is 0 Å². The first-order valence-electron chi connectivity index (χ1n) is 11.8. The maximum Gasteiger partial charge on any atom is 0.123 e. The van der Waals surface area contributed by atoms with Crippen molar-refractivity contribution < 1.29 is 4.39 Å². The summed E-state index contributed by atoms with van der Waals surface area (Å²) in [4.78, 5) is 8.75. The molecule has 6 heteroatoms. The zero-order valence-corrected chi connectivity index (χ0v) is 19.7. The number of nitrogens with two attached hydrogens (primary N) is 1. The van der Waals surface area contributed by atoms with Gasteiger partial charge in [0.05, 0.1) is 11.4 Å². The summed E-state index contributed by atoms with van der Waals surface area (Å²) in [5, 5.41) is 0. The average molecular weight is 463 g/mol. The lowest BCUT2D eigenvalue weighted by Gasteiger charge is -2.48. The molecule has 2 aromatic carbocycles. The molecule has 1 aliphatic carbocycles. The lowest BCUT2D eigenvalue weighted by Crippen LogP contribution is -2.50. The number of hydrogen-bond donors (Lipinski definition) is 1. The van der Waals surface area contributed by atoms with E-state index in [1.165, 1.54) is 48.5 Å². The summed E-state index contributed by atoms with van der Waals surface area (Å²) < 4.78 is 15.9. The Morgan fingerprint density at radius 3 is 2.52 bits per heavy atom. The van der Waals surface area contributed by atoms with Gasteiger partial charge in [-0.15, -0.1) is 0 Å². The minimum atomic E-state index is -0.247. The molecule has 0 radical (unpaired) electrons. The quantitative estimate of drug-likeness (QED) is 0.591. The van der Waals surface area contributed by atoms with Gasteiger partial charge in [-0.05, 0) is 105 Å². The topological polar surface area (TPSA) is 44.9 Å². The number of hydrogen-bond acceptors (Lipinski definition) is 5. The second-order valence-corrected chi connectivity index (χ2v) is 10.5. The smallest absolute Gasteiger partial charge is 0.123 e. The van der Waals surface area contributed by atoms with Gasteiger partial charge in [0.2, 0.25) is 0 Å². The Kier molecular flexibility index (Phi) is 6.67. The van der Waals surface area contributed by atoms with Crippen LogP contribution in [0.25, 0.3) is 0 Å². The Hall–Kier alpha value is -2.41. The van der Waals surface area contributed by atoms with Gasteiger partial charge in [-0.3, -0.25) is 0 Å². The van der Waals surface area contributed by atoms with Crippen molar-refractivity contribution in [2.75, 3.05) is 32.7 Å². The molecule has 3 aliphatic rings. The van der Waals surface area contributed by atoms with E-state index in [1.54, 1.807) is 18.3 Å². The summed E-state index contributed by atoms with van der Waals surface area (Å²) in [5.74, 6) is -0.247. The largest absolute Gasteiger partial charge is 0.404 e. The fourth-order valence-corrected chi connectivity index (χ4v) is 6.39. The third kappa shape index (κ3) is 5.08.